The fourth-order valence-corrected chi connectivity index (χ4v) is 0.781. The lowest BCUT2D eigenvalue weighted by atomic mass is 9.86. The third kappa shape index (κ3) is 2.42. The van der Waals surface area contributed by atoms with Gasteiger partial charge < -0.3 is 14.6 Å². The minimum absolute atomic E-state index is 0.662. The summed E-state index contributed by atoms with van der Waals surface area (Å²) < 4.78 is 8.72. The van der Waals surface area contributed by atoms with Crippen LogP contribution in [0.3, 0.4) is 0 Å². The van der Waals surface area contributed by atoms with E-state index in [4.69, 9.17) is 0 Å². The Morgan fingerprint density at radius 2 is 1.69 bits per heavy atom. The Morgan fingerprint density at radius 3 is 2.00 bits per heavy atom. The van der Waals surface area contributed by atoms with Gasteiger partial charge in [-0.1, -0.05) is 0 Å². The van der Waals surface area contributed by atoms with Gasteiger partial charge in [0.25, 0.3) is 0 Å². The zero-order valence-corrected chi connectivity index (χ0v) is 8.16. The number of hydrogen-bond donors (Lipinski definition) is 1. The van der Waals surface area contributed by atoms with Gasteiger partial charge in [0.05, 0.1) is 19.6 Å². The van der Waals surface area contributed by atoms with Crippen molar-refractivity contribution in [3.63, 3.8) is 0 Å². The van der Waals surface area contributed by atoms with Crippen LogP contribution in [-0.2, 0) is 19.1 Å². The zero-order chi connectivity index (χ0) is 10.6. The normalized spacial score (nSPS) is 13.3. The van der Waals surface area contributed by atoms with Crippen molar-refractivity contribution in [2.24, 2.45) is 5.41 Å². The summed E-state index contributed by atoms with van der Waals surface area (Å²) in [6.45, 7) is 2.81. The van der Waals surface area contributed by atoms with Gasteiger partial charge in [0.15, 0.2) is 6.10 Å². The molecule has 0 spiro atoms. The molecule has 0 saturated heterocycles. The maximum atomic E-state index is 11.1. The molecule has 1 atom stereocenters. The van der Waals surface area contributed by atoms with Crippen molar-refractivity contribution in [2.45, 2.75) is 20.0 Å². The second-order valence-electron chi connectivity index (χ2n) is 3.14. The van der Waals surface area contributed by atoms with Gasteiger partial charge in [-0.3, -0.25) is 4.79 Å². The molecular formula is C8H14O5. The number of rotatable bonds is 3. The molecule has 0 rings (SSSR count). The predicted molar refractivity (Wildman–Crippen MR) is 43.8 cm³/mol. The lowest BCUT2D eigenvalue weighted by Crippen LogP contribution is -2.43. The van der Waals surface area contributed by atoms with Crippen LogP contribution in [0, 0.1) is 5.41 Å². The minimum atomic E-state index is -1.51. The van der Waals surface area contributed by atoms with Crippen LogP contribution in [0.2, 0.25) is 0 Å². The molecule has 0 amide bonds. The van der Waals surface area contributed by atoms with Crippen LogP contribution < -0.4 is 0 Å². The second kappa shape index (κ2) is 4.23. The smallest absolute Gasteiger partial charge is 0.335 e. The van der Waals surface area contributed by atoms with Gasteiger partial charge in [0.1, 0.15) is 0 Å². The minimum Gasteiger partial charge on any atom is -0.469 e. The van der Waals surface area contributed by atoms with Gasteiger partial charge in [0, 0.05) is 0 Å². The van der Waals surface area contributed by atoms with Crippen LogP contribution in [-0.4, -0.2) is 37.4 Å². The fourth-order valence-electron chi connectivity index (χ4n) is 0.781. The molecule has 0 heterocycles. The lowest BCUT2D eigenvalue weighted by molar-refractivity contribution is -0.170. The molecule has 0 aliphatic rings. The summed E-state index contributed by atoms with van der Waals surface area (Å²) in [7, 11) is 2.33. The van der Waals surface area contributed by atoms with Gasteiger partial charge in [-0.15, -0.1) is 0 Å². The Morgan fingerprint density at radius 1 is 1.23 bits per heavy atom. The molecule has 0 aliphatic heterocycles. The van der Waals surface area contributed by atoms with E-state index in [1.54, 1.807) is 0 Å². The average Bonchev–Trinajstić information content (AvgIpc) is 2.13. The van der Waals surface area contributed by atoms with Gasteiger partial charge in [0.2, 0.25) is 0 Å². The van der Waals surface area contributed by atoms with E-state index in [2.05, 4.69) is 9.47 Å². The molecule has 5 nitrogen and oxygen atoms in total. The SMILES string of the molecule is COC(=O)[C@@H](O)C(C)(C)C(=O)OC. The molecule has 0 aliphatic carbocycles. The van der Waals surface area contributed by atoms with E-state index in [0.717, 1.165) is 7.11 Å². The molecule has 5 heteroatoms. The maximum absolute atomic E-state index is 11.1. The molecule has 0 fully saturated rings. The van der Waals surface area contributed by atoms with Crippen molar-refractivity contribution in [3.05, 3.63) is 0 Å². The van der Waals surface area contributed by atoms with Crippen molar-refractivity contribution in [1.29, 1.82) is 0 Å². The summed E-state index contributed by atoms with van der Waals surface area (Å²) in [4.78, 5) is 22.0. The third-order valence-electron chi connectivity index (χ3n) is 1.82. The maximum Gasteiger partial charge on any atom is 0.335 e. The fraction of sp³-hybridized carbons (Fsp3) is 0.750. The first-order chi connectivity index (χ1) is 5.87. The third-order valence-corrected chi connectivity index (χ3v) is 1.82. The molecule has 13 heavy (non-hydrogen) atoms. The van der Waals surface area contributed by atoms with Crippen LogP contribution in [0.4, 0.5) is 0 Å². The monoisotopic (exact) mass is 190 g/mol. The molecule has 0 unspecified atom stereocenters. The van der Waals surface area contributed by atoms with E-state index in [1.807, 2.05) is 0 Å². The number of carbonyl (C=O) groups excluding carboxylic acids is 2. The van der Waals surface area contributed by atoms with Crippen LogP contribution in [0.25, 0.3) is 0 Å². The molecule has 1 N–H and O–H groups in total. The van der Waals surface area contributed by atoms with Crippen LogP contribution in [0.5, 0.6) is 0 Å². The topological polar surface area (TPSA) is 72.8 Å². The molecule has 0 radical (unpaired) electrons. The molecule has 0 aromatic heterocycles. The van der Waals surface area contributed by atoms with Crippen LogP contribution in [0.1, 0.15) is 13.8 Å². The number of aliphatic hydroxyl groups is 1. The van der Waals surface area contributed by atoms with E-state index >= 15 is 0 Å². The van der Waals surface area contributed by atoms with Crippen molar-refractivity contribution in [2.75, 3.05) is 14.2 Å². The summed E-state index contributed by atoms with van der Waals surface area (Å²) in [6, 6.07) is 0. The van der Waals surface area contributed by atoms with Crippen LogP contribution in [0.15, 0.2) is 0 Å². The number of methoxy groups -OCH3 is 2. The molecule has 0 saturated carbocycles. The van der Waals surface area contributed by atoms with E-state index in [-0.39, 0.29) is 0 Å². The van der Waals surface area contributed by atoms with Crippen molar-refractivity contribution < 1.29 is 24.2 Å². The Hall–Kier alpha value is -1.10. The Bertz CT molecular complexity index is 209. The first-order valence-corrected chi connectivity index (χ1v) is 3.72. The zero-order valence-electron chi connectivity index (χ0n) is 8.16. The Kier molecular flexibility index (Phi) is 3.87. The highest BCUT2D eigenvalue weighted by Gasteiger charge is 2.41. The number of hydrogen-bond acceptors (Lipinski definition) is 5. The highest BCUT2D eigenvalue weighted by atomic mass is 16.5. The second-order valence-corrected chi connectivity index (χ2v) is 3.14. The summed E-state index contributed by atoms with van der Waals surface area (Å²) in [5.74, 6) is -1.51. The predicted octanol–water partition coefficient (Wildman–Crippen LogP) is -0.281. The van der Waals surface area contributed by atoms with Crippen molar-refractivity contribution in [3.8, 4) is 0 Å². The van der Waals surface area contributed by atoms with E-state index in [9.17, 15) is 14.7 Å². The van der Waals surface area contributed by atoms with Gasteiger partial charge in [-0.2, -0.15) is 0 Å². The highest BCUT2D eigenvalue weighted by molar-refractivity contribution is 5.86. The first-order valence-electron chi connectivity index (χ1n) is 3.72. The Labute approximate surface area is 76.6 Å². The quantitative estimate of drug-likeness (QED) is 0.619. The summed E-state index contributed by atoms with van der Waals surface area (Å²) in [6.07, 6.45) is -1.51. The van der Waals surface area contributed by atoms with E-state index in [1.165, 1.54) is 21.0 Å². The largest absolute Gasteiger partial charge is 0.469 e. The Balaban J connectivity index is 4.62. The van der Waals surface area contributed by atoms with Gasteiger partial charge >= 0.3 is 11.9 Å². The summed E-state index contributed by atoms with van der Waals surface area (Å²) >= 11 is 0. The van der Waals surface area contributed by atoms with Crippen LogP contribution >= 0.6 is 0 Å². The summed E-state index contributed by atoms with van der Waals surface area (Å²) in [5.41, 5.74) is -1.29. The number of carbonyl (C=O) groups is 2. The van der Waals surface area contributed by atoms with Crippen molar-refractivity contribution in [1.82, 2.24) is 0 Å². The van der Waals surface area contributed by atoms with Gasteiger partial charge in [-0.05, 0) is 13.8 Å². The molecule has 0 aromatic rings. The molecule has 0 aromatic carbocycles. The average molecular weight is 190 g/mol. The van der Waals surface area contributed by atoms with Gasteiger partial charge in [-0.25, -0.2) is 4.79 Å². The van der Waals surface area contributed by atoms with Crippen molar-refractivity contribution >= 4 is 11.9 Å². The summed E-state index contributed by atoms with van der Waals surface area (Å²) in [5, 5.41) is 9.37. The van der Waals surface area contributed by atoms with E-state index < -0.39 is 23.5 Å². The highest BCUT2D eigenvalue weighted by Crippen LogP contribution is 2.23. The molecular weight excluding hydrogens is 176 g/mol. The molecule has 0 bridgehead atoms. The standard InChI is InChI=1S/C8H14O5/c1-8(2,7(11)13-4)5(9)6(10)12-3/h5,9H,1-4H3/t5-/m1/s1. The number of aliphatic hydroxyl groups excluding tert-OH is 1. The lowest BCUT2D eigenvalue weighted by Gasteiger charge is -2.25. The van der Waals surface area contributed by atoms with E-state index in [0.29, 0.717) is 0 Å². The molecule has 76 valence electrons. The number of esters is 2. The first kappa shape index (κ1) is 11.9. The number of ether oxygens (including phenoxy) is 2.